The summed E-state index contributed by atoms with van der Waals surface area (Å²) in [6.45, 7) is 1.48. The van der Waals surface area contributed by atoms with Crippen molar-refractivity contribution >= 4 is 28.9 Å². The number of anilines is 4. The lowest BCUT2D eigenvalue weighted by Crippen LogP contribution is -2.09. The smallest absolute Gasteiger partial charge is 0.340 e. The van der Waals surface area contributed by atoms with Gasteiger partial charge in [-0.3, -0.25) is 4.79 Å². The summed E-state index contributed by atoms with van der Waals surface area (Å²) in [5.41, 5.74) is 0.328. The lowest BCUT2D eigenvalue weighted by atomic mass is 10.1. The molecule has 0 aliphatic rings. The van der Waals surface area contributed by atoms with Crippen LogP contribution in [0.25, 0.3) is 0 Å². The van der Waals surface area contributed by atoms with Gasteiger partial charge in [-0.1, -0.05) is 12.1 Å². The van der Waals surface area contributed by atoms with Crippen LogP contribution in [0.4, 0.5) is 36.3 Å². The Balaban J connectivity index is 1.79. The molecule has 0 saturated heterocycles. The van der Waals surface area contributed by atoms with Gasteiger partial charge in [-0.25, -0.2) is 4.98 Å². The van der Waals surface area contributed by atoms with Crippen molar-refractivity contribution in [2.45, 2.75) is 13.1 Å². The van der Waals surface area contributed by atoms with Gasteiger partial charge in [-0.05, 0) is 49.4 Å². The molecular formula is C19H15F3N4O. The number of carbonyl (C=O) groups is 1. The molecule has 0 aliphatic carbocycles. The molecule has 1 aromatic heterocycles. The first-order valence-corrected chi connectivity index (χ1v) is 7.97. The normalized spacial score (nSPS) is 11.1. The van der Waals surface area contributed by atoms with Gasteiger partial charge in [0.1, 0.15) is 5.82 Å². The van der Waals surface area contributed by atoms with E-state index in [-0.39, 0.29) is 17.4 Å². The zero-order chi connectivity index (χ0) is 19.4. The second-order valence-electron chi connectivity index (χ2n) is 5.69. The summed E-state index contributed by atoms with van der Waals surface area (Å²) in [6.07, 6.45) is -3.06. The third-order valence-electron chi connectivity index (χ3n) is 3.70. The molecule has 0 amide bonds. The maximum Gasteiger partial charge on any atom is 0.418 e. The van der Waals surface area contributed by atoms with Gasteiger partial charge in [-0.15, -0.1) is 0 Å². The minimum atomic E-state index is -4.49. The number of halogens is 3. The summed E-state index contributed by atoms with van der Waals surface area (Å²) in [5.74, 6) is 0.378. The van der Waals surface area contributed by atoms with Crippen molar-refractivity contribution in [2.24, 2.45) is 0 Å². The highest BCUT2D eigenvalue weighted by atomic mass is 19.4. The van der Waals surface area contributed by atoms with Crippen molar-refractivity contribution in [2.75, 3.05) is 10.6 Å². The molecular weight excluding hydrogens is 357 g/mol. The number of Topliss-reactive ketones (excluding diaryl/α,β-unsaturated/α-hetero) is 1. The minimum Gasteiger partial charge on any atom is -0.340 e. The molecule has 3 aromatic rings. The van der Waals surface area contributed by atoms with E-state index in [9.17, 15) is 18.0 Å². The summed E-state index contributed by atoms with van der Waals surface area (Å²) in [7, 11) is 0. The first-order chi connectivity index (χ1) is 12.8. The fraction of sp³-hybridized carbons (Fsp3) is 0.105. The Labute approximate surface area is 153 Å². The molecule has 0 atom stereocenters. The minimum absolute atomic E-state index is 0.0251. The number of rotatable bonds is 5. The molecule has 0 unspecified atom stereocenters. The number of nitrogens with zero attached hydrogens (tertiary/aromatic N) is 2. The predicted octanol–water partition coefficient (Wildman–Crippen LogP) is 5.19. The van der Waals surface area contributed by atoms with Gasteiger partial charge in [0.05, 0.1) is 11.3 Å². The molecule has 27 heavy (non-hydrogen) atoms. The van der Waals surface area contributed by atoms with Crippen molar-refractivity contribution in [3.05, 3.63) is 71.9 Å². The van der Waals surface area contributed by atoms with E-state index in [1.807, 2.05) is 0 Å². The molecule has 0 spiro atoms. The fourth-order valence-electron chi connectivity index (χ4n) is 2.38. The molecule has 138 valence electrons. The zero-order valence-electron chi connectivity index (χ0n) is 14.2. The molecule has 0 saturated carbocycles. The van der Waals surface area contributed by atoms with Gasteiger partial charge in [0.25, 0.3) is 0 Å². The number of aromatic nitrogens is 2. The van der Waals surface area contributed by atoms with Crippen LogP contribution in [0.3, 0.4) is 0 Å². The lowest BCUT2D eigenvalue weighted by molar-refractivity contribution is -0.136. The number of benzene rings is 2. The average molecular weight is 372 g/mol. The van der Waals surface area contributed by atoms with Crippen LogP contribution in [-0.4, -0.2) is 15.8 Å². The van der Waals surface area contributed by atoms with Crippen LogP contribution in [-0.2, 0) is 6.18 Å². The number of carbonyl (C=O) groups excluding carboxylic acids is 1. The van der Waals surface area contributed by atoms with E-state index in [0.717, 1.165) is 6.07 Å². The van der Waals surface area contributed by atoms with Gasteiger partial charge in [-0.2, -0.15) is 18.2 Å². The van der Waals surface area contributed by atoms with E-state index >= 15 is 0 Å². The van der Waals surface area contributed by atoms with Crippen molar-refractivity contribution in [3.63, 3.8) is 0 Å². The van der Waals surface area contributed by atoms with Crippen LogP contribution in [0.2, 0.25) is 0 Å². The monoisotopic (exact) mass is 372 g/mol. The Morgan fingerprint density at radius 3 is 2.33 bits per heavy atom. The van der Waals surface area contributed by atoms with Gasteiger partial charge in [0.2, 0.25) is 5.95 Å². The highest BCUT2D eigenvalue weighted by Crippen LogP contribution is 2.35. The molecule has 8 heteroatoms. The van der Waals surface area contributed by atoms with Crippen molar-refractivity contribution in [1.82, 2.24) is 9.97 Å². The number of nitrogens with one attached hydrogen (secondary N) is 2. The van der Waals surface area contributed by atoms with E-state index in [1.54, 1.807) is 30.3 Å². The van der Waals surface area contributed by atoms with Crippen LogP contribution >= 0.6 is 0 Å². The van der Waals surface area contributed by atoms with E-state index in [4.69, 9.17) is 0 Å². The molecule has 0 bridgehead atoms. The third-order valence-corrected chi connectivity index (χ3v) is 3.70. The summed E-state index contributed by atoms with van der Waals surface area (Å²) in [5, 5.41) is 5.62. The standard InChI is InChI=1S/C19H15F3N4O/c1-12(27)13-6-8-14(9-7-13)24-17-10-11-23-18(26-17)25-16-5-3-2-4-15(16)19(20,21)22/h2-11H,1H3,(H2,23,24,25,26). The summed E-state index contributed by atoms with van der Waals surface area (Å²) in [6, 6.07) is 13.5. The topological polar surface area (TPSA) is 66.9 Å². The summed E-state index contributed by atoms with van der Waals surface area (Å²) in [4.78, 5) is 19.4. The zero-order valence-corrected chi connectivity index (χ0v) is 14.2. The Bertz CT molecular complexity index is 956. The van der Waals surface area contributed by atoms with E-state index < -0.39 is 11.7 Å². The van der Waals surface area contributed by atoms with Crippen LogP contribution < -0.4 is 10.6 Å². The Morgan fingerprint density at radius 2 is 1.67 bits per heavy atom. The van der Waals surface area contributed by atoms with Crippen molar-refractivity contribution in [3.8, 4) is 0 Å². The maximum atomic E-state index is 13.1. The van der Waals surface area contributed by atoms with E-state index in [1.165, 1.54) is 31.3 Å². The fourth-order valence-corrected chi connectivity index (χ4v) is 2.38. The molecule has 1 heterocycles. The van der Waals surface area contributed by atoms with Crippen LogP contribution in [0, 0.1) is 0 Å². The quantitative estimate of drug-likeness (QED) is 0.604. The molecule has 3 rings (SSSR count). The number of hydrogen-bond donors (Lipinski definition) is 2. The first-order valence-electron chi connectivity index (χ1n) is 7.97. The molecule has 0 radical (unpaired) electrons. The van der Waals surface area contributed by atoms with Crippen molar-refractivity contribution in [1.29, 1.82) is 0 Å². The molecule has 0 aliphatic heterocycles. The largest absolute Gasteiger partial charge is 0.418 e. The first kappa shape index (κ1) is 18.4. The Hall–Kier alpha value is -3.42. The van der Waals surface area contributed by atoms with Crippen LogP contribution in [0.1, 0.15) is 22.8 Å². The molecule has 0 fully saturated rings. The highest BCUT2D eigenvalue weighted by molar-refractivity contribution is 5.94. The molecule has 2 aromatic carbocycles. The van der Waals surface area contributed by atoms with Crippen molar-refractivity contribution < 1.29 is 18.0 Å². The van der Waals surface area contributed by atoms with Crippen LogP contribution in [0.15, 0.2) is 60.8 Å². The second kappa shape index (κ2) is 7.45. The Morgan fingerprint density at radius 1 is 0.963 bits per heavy atom. The maximum absolute atomic E-state index is 13.1. The average Bonchev–Trinajstić information content (AvgIpc) is 2.62. The summed E-state index contributed by atoms with van der Waals surface area (Å²) >= 11 is 0. The second-order valence-corrected chi connectivity index (χ2v) is 5.69. The van der Waals surface area contributed by atoms with Gasteiger partial charge in [0.15, 0.2) is 5.78 Å². The highest BCUT2D eigenvalue weighted by Gasteiger charge is 2.33. The lowest BCUT2D eigenvalue weighted by Gasteiger charge is -2.14. The number of alkyl halides is 3. The van der Waals surface area contributed by atoms with Gasteiger partial charge >= 0.3 is 6.18 Å². The van der Waals surface area contributed by atoms with Crippen LogP contribution in [0.5, 0.6) is 0 Å². The van der Waals surface area contributed by atoms with E-state index in [0.29, 0.717) is 17.1 Å². The summed E-state index contributed by atoms with van der Waals surface area (Å²) < 4.78 is 39.3. The van der Waals surface area contributed by atoms with Gasteiger partial charge in [0, 0.05) is 17.4 Å². The van der Waals surface area contributed by atoms with E-state index in [2.05, 4.69) is 20.6 Å². The SMILES string of the molecule is CC(=O)c1ccc(Nc2ccnc(Nc3ccccc3C(F)(F)F)n2)cc1. The Kier molecular flexibility index (Phi) is 5.07. The number of ketones is 1. The number of hydrogen-bond acceptors (Lipinski definition) is 5. The molecule has 2 N–H and O–H groups in total. The molecule has 5 nitrogen and oxygen atoms in total. The number of para-hydroxylation sites is 1. The third kappa shape index (κ3) is 4.60. The van der Waals surface area contributed by atoms with Gasteiger partial charge < -0.3 is 10.6 Å². The predicted molar refractivity (Wildman–Crippen MR) is 96.5 cm³/mol.